The molecule has 0 spiro atoms. The first-order valence-corrected chi connectivity index (χ1v) is 7.81. The average molecular weight is 272 g/mol. The summed E-state index contributed by atoms with van der Waals surface area (Å²) in [5.74, 6) is 0.534. The lowest BCUT2D eigenvalue weighted by Gasteiger charge is -2.25. The van der Waals surface area contributed by atoms with Crippen LogP contribution < -0.4 is 5.32 Å². The summed E-state index contributed by atoms with van der Waals surface area (Å²) in [4.78, 5) is 0. The molecule has 7 heteroatoms. The Labute approximate surface area is 108 Å². The van der Waals surface area contributed by atoms with Gasteiger partial charge >= 0.3 is 0 Å². The van der Waals surface area contributed by atoms with Crippen LogP contribution in [0.25, 0.3) is 0 Å². The van der Waals surface area contributed by atoms with Crippen LogP contribution in [0.15, 0.2) is 12.4 Å². The number of aromatic nitrogens is 2. The van der Waals surface area contributed by atoms with Gasteiger partial charge in [0.05, 0.1) is 11.9 Å². The van der Waals surface area contributed by atoms with Crippen molar-refractivity contribution < 1.29 is 8.42 Å². The van der Waals surface area contributed by atoms with Crippen molar-refractivity contribution in [1.29, 1.82) is 0 Å². The Bertz CT molecular complexity index is 451. The van der Waals surface area contributed by atoms with E-state index < -0.39 is 10.0 Å². The summed E-state index contributed by atoms with van der Waals surface area (Å²) in [6.07, 6.45) is 5.25. The second-order valence-electron chi connectivity index (χ2n) is 4.83. The van der Waals surface area contributed by atoms with Crippen LogP contribution in [0.4, 0.5) is 0 Å². The van der Waals surface area contributed by atoms with Crippen molar-refractivity contribution in [3.63, 3.8) is 0 Å². The smallest absolute Gasteiger partial charge is 0.214 e. The summed E-state index contributed by atoms with van der Waals surface area (Å²) in [5, 5.41) is 9.75. The van der Waals surface area contributed by atoms with E-state index >= 15 is 0 Å². The third-order valence-corrected chi connectivity index (χ3v) is 5.31. The number of sulfonamides is 1. The maximum absolute atomic E-state index is 12.2. The van der Waals surface area contributed by atoms with Gasteiger partial charge in [-0.2, -0.15) is 5.10 Å². The van der Waals surface area contributed by atoms with Crippen LogP contribution in [0.3, 0.4) is 0 Å². The monoisotopic (exact) mass is 272 g/mol. The van der Waals surface area contributed by atoms with Gasteiger partial charge in [-0.05, 0) is 31.8 Å². The average Bonchev–Trinajstić information content (AvgIpc) is 2.82. The maximum Gasteiger partial charge on any atom is 0.214 e. The Morgan fingerprint density at radius 2 is 2.17 bits per heavy atom. The van der Waals surface area contributed by atoms with Crippen LogP contribution in [-0.2, 0) is 16.6 Å². The number of nitrogens with one attached hydrogen (secondary N) is 2. The Hall–Kier alpha value is -0.920. The molecular weight excluding hydrogens is 252 g/mol. The van der Waals surface area contributed by atoms with Crippen LogP contribution in [0.5, 0.6) is 0 Å². The summed E-state index contributed by atoms with van der Waals surface area (Å²) in [6.45, 7) is 2.22. The quantitative estimate of drug-likeness (QED) is 0.801. The lowest BCUT2D eigenvalue weighted by atomic mass is 10.0. The molecule has 2 N–H and O–H groups in total. The van der Waals surface area contributed by atoms with Crippen molar-refractivity contribution >= 4 is 10.0 Å². The van der Waals surface area contributed by atoms with Gasteiger partial charge in [0.1, 0.15) is 0 Å². The molecule has 0 bridgehead atoms. The third kappa shape index (κ3) is 3.54. The van der Waals surface area contributed by atoms with E-state index in [1.165, 1.54) is 4.31 Å². The predicted octanol–water partition coefficient (Wildman–Crippen LogP) is 0.171. The van der Waals surface area contributed by atoms with Crippen LogP contribution in [-0.4, -0.2) is 48.8 Å². The van der Waals surface area contributed by atoms with Crippen LogP contribution >= 0.6 is 0 Å². The van der Waals surface area contributed by atoms with Gasteiger partial charge in [0.15, 0.2) is 0 Å². The van der Waals surface area contributed by atoms with Gasteiger partial charge in [-0.1, -0.05) is 0 Å². The van der Waals surface area contributed by atoms with Gasteiger partial charge < -0.3 is 5.32 Å². The van der Waals surface area contributed by atoms with Crippen LogP contribution in [0.1, 0.15) is 18.4 Å². The minimum Gasteiger partial charge on any atom is -0.317 e. The van der Waals surface area contributed by atoms with Gasteiger partial charge in [0.25, 0.3) is 0 Å². The summed E-state index contributed by atoms with van der Waals surface area (Å²) in [7, 11) is -1.54. The fourth-order valence-electron chi connectivity index (χ4n) is 2.19. The first kappa shape index (κ1) is 13.5. The molecule has 0 saturated carbocycles. The van der Waals surface area contributed by atoms with E-state index in [1.807, 2.05) is 0 Å². The van der Waals surface area contributed by atoms with Gasteiger partial charge in [0, 0.05) is 25.4 Å². The zero-order valence-corrected chi connectivity index (χ0v) is 11.4. The molecule has 0 radical (unpaired) electrons. The predicted molar refractivity (Wildman–Crippen MR) is 69.4 cm³/mol. The van der Waals surface area contributed by atoms with Crippen molar-refractivity contribution in [3.8, 4) is 0 Å². The van der Waals surface area contributed by atoms with E-state index in [9.17, 15) is 8.42 Å². The highest BCUT2D eigenvalue weighted by atomic mass is 32.2. The van der Waals surface area contributed by atoms with Crippen molar-refractivity contribution in [1.82, 2.24) is 19.8 Å². The molecule has 0 amide bonds. The largest absolute Gasteiger partial charge is 0.317 e. The molecular formula is C11H20N4O2S. The molecule has 1 aromatic rings. The number of nitrogens with zero attached hydrogens (tertiary/aromatic N) is 2. The lowest BCUT2D eigenvalue weighted by molar-refractivity contribution is 0.388. The molecule has 1 aliphatic heterocycles. The lowest BCUT2D eigenvalue weighted by Crippen LogP contribution is -2.36. The highest BCUT2D eigenvalue weighted by molar-refractivity contribution is 7.89. The molecule has 1 aromatic heterocycles. The van der Waals surface area contributed by atoms with E-state index in [2.05, 4.69) is 15.5 Å². The Morgan fingerprint density at radius 3 is 2.78 bits per heavy atom. The molecule has 1 fully saturated rings. The van der Waals surface area contributed by atoms with Crippen molar-refractivity contribution in [2.45, 2.75) is 19.4 Å². The molecule has 1 aliphatic rings. The SMILES string of the molecule is CN(Cc1cn[nH]c1)S(=O)(=O)CC1CCNCC1. The topological polar surface area (TPSA) is 78.1 Å². The molecule has 102 valence electrons. The van der Waals surface area contributed by atoms with E-state index in [0.29, 0.717) is 6.54 Å². The maximum atomic E-state index is 12.2. The second-order valence-corrected chi connectivity index (χ2v) is 6.96. The molecule has 18 heavy (non-hydrogen) atoms. The fourth-order valence-corrected chi connectivity index (χ4v) is 3.72. The van der Waals surface area contributed by atoms with E-state index in [1.54, 1.807) is 19.4 Å². The summed E-state index contributed by atoms with van der Waals surface area (Å²) < 4.78 is 25.8. The van der Waals surface area contributed by atoms with Gasteiger partial charge in [-0.15, -0.1) is 0 Å². The molecule has 2 heterocycles. The molecule has 2 rings (SSSR count). The fraction of sp³-hybridized carbons (Fsp3) is 0.727. The number of piperidine rings is 1. The Balaban J connectivity index is 1.92. The van der Waals surface area contributed by atoms with Crippen LogP contribution in [0, 0.1) is 5.92 Å². The minimum absolute atomic E-state index is 0.253. The molecule has 0 atom stereocenters. The number of H-pyrrole nitrogens is 1. The number of hydrogen-bond acceptors (Lipinski definition) is 4. The normalized spacial score (nSPS) is 18.3. The number of hydrogen-bond donors (Lipinski definition) is 2. The minimum atomic E-state index is -3.17. The highest BCUT2D eigenvalue weighted by Crippen LogP contribution is 2.17. The first-order chi connectivity index (χ1) is 8.58. The van der Waals surface area contributed by atoms with Gasteiger partial charge in [0.2, 0.25) is 10.0 Å². The van der Waals surface area contributed by atoms with Crippen molar-refractivity contribution in [3.05, 3.63) is 18.0 Å². The summed E-state index contributed by atoms with van der Waals surface area (Å²) >= 11 is 0. The van der Waals surface area contributed by atoms with E-state index in [-0.39, 0.29) is 11.7 Å². The molecule has 6 nitrogen and oxygen atoms in total. The zero-order chi connectivity index (χ0) is 13.0. The molecule has 0 aromatic carbocycles. The molecule has 1 saturated heterocycles. The van der Waals surface area contributed by atoms with Gasteiger partial charge in [-0.3, -0.25) is 5.10 Å². The third-order valence-electron chi connectivity index (χ3n) is 3.34. The second kappa shape index (κ2) is 5.81. The first-order valence-electron chi connectivity index (χ1n) is 6.20. The van der Waals surface area contributed by atoms with E-state index in [4.69, 9.17) is 0 Å². The van der Waals surface area contributed by atoms with E-state index in [0.717, 1.165) is 31.5 Å². The number of rotatable bonds is 5. The number of aromatic amines is 1. The standard InChI is InChI=1S/C11H20N4O2S/c1-15(8-11-6-13-14-7-11)18(16,17)9-10-2-4-12-5-3-10/h6-7,10,12H,2-5,8-9H2,1H3,(H,13,14). The summed E-state index contributed by atoms with van der Waals surface area (Å²) in [6, 6.07) is 0. The van der Waals surface area contributed by atoms with Crippen molar-refractivity contribution in [2.24, 2.45) is 5.92 Å². The van der Waals surface area contributed by atoms with Crippen LogP contribution in [0.2, 0.25) is 0 Å². The Morgan fingerprint density at radius 1 is 1.44 bits per heavy atom. The van der Waals surface area contributed by atoms with Crippen molar-refractivity contribution in [2.75, 3.05) is 25.9 Å². The molecule has 0 aliphatic carbocycles. The zero-order valence-electron chi connectivity index (χ0n) is 10.6. The Kier molecular flexibility index (Phi) is 4.36. The van der Waals surface area contributed by atoms with Gasteiger partial charge in [-0.25, -0.2) is 12.7 Å². The highest BCUT2D eigenvalue weighted by Gasteiger charge is 2.24. The summed E-state index contributed by atoms with van der Waals surface area (Å²) in [5.41, 5.74) is 0.881. The molecule has 0 unspecified atom stereocenters.